The maximum absolute atomic E-state index is 3.58. The average Bonchev–Trinajstić information content (AvgIpc) is 2.34. The van der Waals surface area contributed by atoms with E-state index in [0.29, 0.717) is 0 Å². The molecule has 0 bridgehead atoms. The molecule has 0 aromatic rings. The minimum absolute atomic E-state index is 1.17. The van der Waals surface area contributed by atoms with E-state index in [1.165, 1.54) is 25.9 Å². The molecule has 2 nitrogen and oxygen atoms in total. The van der Waals surface area contributed by atoms with Gasteiger partial charge in [-0.2, -0.15) is 0 Å². The fraction of sp³-hybridized carbons (Fsp3) is 0.571. The lowest BCUT2D eigenvalue weighted by atomic mass is 10.4. The number of nitrogens with one attached hydrogen (secondary N) is 1. The second-order valence-corrected chi connectivity index (χ2v) is 2.23. The number of rotatable bonds is 3. The molecule has 0 aliphatic carbocycles. The van der Waals surface area contributed by atoms with Gasteiger partial charge in [0.25, 0.3) is 0 Å². The first kappa shape index (κ1) is 6.78. The zero-order valence-electron chi connectivity index (χ0n) is 5.64. The van der Waals surface area contributed by atoms with Crippen molar-refractivity contribution in [3.8, 4) is 0 Å². The van der Waals surface area contributed by atoms with Crippen molar-refractivity contribution < 1.29 is 0 Å². The van der Waals surface area contributed by atoms with Crippen molar-refractivity contribution in [1.29, 1.82) is 0 Å². The van der Waals surface area contributed by atoms with Crippen LogP contribution in [0.25, 0.3) is 0 Å². The molecule has 0 atom stereocenters. The quantitative estimate of drug-likeness (QED) is 0.603. The Morgan fingerprint density at radius 2 is 2.00 bits per heavy atom. The third-order valence-corrected chi connectivity index (χ3v) is 1.48. The van der Waals surface area contributed by atoms with E-state index >= 15 is 0 Å². The predicted octanol–water partition coefficient (Wildman–Crippen LogP) is 0.935. The van der Waals surface area contributed by atoms with Crippen molar-refractivity contribution in [2.45, 2.75) is 12.8 Å². The fourth-order valence-corrected chi connectivity index (χ4v) is 1.00. The van der Waals surface area contributed by atoms with Crippen molar-refractivity contribution in [2.24, 2.45) is 0 Å². The van der Waals surface area contributed by atoms with Crippen LogP contribution in [0.4, 0.5) is 0 Å². The summed E-state index contributed by atoms with van der Waals surface area (Å²) in [4.78, 5) is 0. The molecule has 0 unspecified atom stereocenters. The second kappa shape index (κ2) is 3.64. The first-order chi connectivity index (χ1) is 4.43. The summed E-state index contributed by atoms with van der Waals surface area (Å²) < 4.78 is 0. The van der Waals surface area contributed by atoms with Gasteiger partial charge in [0.1, 0.15) is 0 Å². The summed E-state index contributed by atoms with van der Waals surface area (Å²) in [5.74, 6) is 0. The monoisotopic (exact) mass is 125 g/mol. The highest BCUT2D eigenvalue weighted by Gasteiger charge is 2.08. The largest absolute Gasteiger partial charge is 0.246 e. The van der Waals surface area contributed by atoms with Gasteiger partial charge in [0.15, 0.2) is 0 Å². The summed E-state index contributed by atoms with van der Waals surface area (Å²) in [5, 5.41) is 2.20. The number of hydrogen-bond acceptors (Lipinski definition) is 2. The van der Waals surface area contributed by atoms with Crippen molar-refractivity contribution in [2.75, 3.05) is 13.1 Å². The van der Waals surface area contributed by atoms with Crippen LogP contribution in [-0.2, 0) is 0 Å². The van der Waals surface area contributed by atoms with Crippen LogP contribution in [0.2, 0.25) is 0 Å². The van der Waals surface area contributed by atoms with E-state index in [-0.39, 0.29) is 0 Å². The summed E-state index contributed by atoms with van der Waals surface area (Å²) in [6, 6.07) is 0. The molecule has 0 amide bonds. The number of hydrogen-bond donors (Lipinski definition) is 1. The summed E-state index contributed by atoms with van der Waals surface area (Å²) in [7, 11) is 0. The molecule has 1 N–H and O–H groups in total. The minimum atomic E-state index is 1.17. The van der Waals surface area contributed by atoms with Gasteiger partial charge >= 0.3 is 0 Å². The Hall–Kier alpha value is -0.340. The molecule has 51 valence electrons. The highest BCUT2D eigenvalue weighted by Crippen LogP contribution is 2.03. The Morgan fingerprint density at radius 1 is 1.33 bits per heavy atom. The van der Waals surface area contributed by atoms with Crippen LogP contribution >= 0.6 is 0 Å². The summed E-state index contributed by atoms with van der Waals surface area (Å²) in [6.45, 7) is 7.79. The average molecular weight is 125 g/mol. The Balaban J connectivity index is 2.04. The van der Waals surface area contributed by atoms with Crippen LogP contribution in [0.15, 0.2) is 12.7 Å². The van der Waals surface area contributed by atoms with Gasteiger partial charge < -0.3 is 0 Å². The van der Waals surface area contributed by atoms with Crippen LogP contribution < -0.4 is 5.43 Å². The topological polar surface area (TPSA) is 15.3 Å². The molecule has 1 aliphatic heterocycles. The van der Waals surface area contributed by atoms with Crippen LogP contribution in [0.3, 0.4) is 0 Å². The SMILES string of the molecule is C=C[CH]NN1CCCC1. The van der Waals surface area contributed by atoms with E-state index in [0.717, 1.165) is 0 Å². The van der Waals surface area contributed by atoms with Crippen LogP contribution in [0.1, 0.15) is 12.8 Å². The molecule has 1 heterocycles. The predicted molar refractivity (Wildman–Crippen MR) is 38.4 cm³/mol. The molecule has 0 aromatic carbocycles. The van der Waals surface area contributed by atoms with E-state index < -0.39 is 0 Å². The fourth-order valence-electron chi connectivity index (χ4n) is 1.00. The van der Waals surface area contributed by atoms with Gasteiger partial charge in [0.2, 0.25) is 0 Å². The van der Waals surface area contributed by atoms with Gasteiger partial charge in [0.05, 0.1) is 6.54 Å². The molecule has 2 heteroatoms. The van der Waals surface area contributed by atoms with Gasteiger partial charge in [-0.15, -0.1) is 6.58 Å². The Kier molecular flexibility index (Phi) is 2.74. The highest BCUT2D eigenvalue weighted by atomic mass is 15.5. The first-order valence-corrected chi connectivity index (χ1v) is 3.39. The Morgan fingerprint density at radius 3 is 2.56 bits per heavy atom. The number of nitrogens with zero attached hydrogens (tertiary/aromatic N) is 1. The number of hydrazine groups is 1. The van der Waals surface area contributed by atoms with E-state index in [2.05, 4.69) is 17.0 Å². The highest BCUT2D eigenvalue weighted by molar-refractivity contribution is 4.83. The van der Waals surface area contributed by atoms with Gasteiger partial charge in [0, 0.05) is 13.1 Å². The normalized spacial score (nSPS) is 20.4. The lowest BCUT2D eigenvalue weighted by Crippen LogP contribution is -2.32. The van der Waals surface area contributed by atoms with Crippen LogP contribution in [-0.4, -0.2) is 18.1 Å². The van der Waals surface area contributed by atoms with E-state index in [9.17, 15) is 0 Å². The molecule has 1 radical (unpaired) electrons. The smallest absolute Gasteiger partial charge is 0.0595 e. The van der Waals surface area contributed by atoms with Crippen molar-refractivity contribution in [3.63, 3.8) is 0 Å². The van der Waals surface area contributed by atoms with Crippen molar-refractivity contribution >= 4 is 0 Å². The first-order valence-electron chi connectivity index (χ1n) is 3.39. The van der Waals surface area contributed by atoms with Gasteiger partial charge in [-0.25, -0.2) is 10.4 Å². The zero-order chi connectivity index (χ0) is 6.53. The van der Waals surface area contributed by atoms with Gasteiger partial charge in [-0.05, 0) is 12.8 Å². The van der Waals surface area contributed by atoms with E-state index in [1.54, 1.807) is 6.08 Å². The Labute approximate surface area is 56.5 Å². The van der Waals surface area contributed by atoms with Crippen LogP contribution in [0, 0.1) is 6.54 Å². The van der Waals surface area contributed by atoms with E-state index in [1.807, 2.05) is 6.54 Å². The maximum Gasteiger partial charge on any atom is 0.0595 e. The molecular formula is C7H13N2. The summed E-state index contributed by atoms with van der Waals surface area (Å²) in [5.41, 5.74) is 3.12. The third-order valence-electron chi connectivity index (χ3n) is 1.48. The zero-order valence-corrected chi connectivity index (χ0v) is 5.64. The Bertz CT molecular complexity index is 84.9. The molecule has 0 saturated carbocycles. The third kappa shape index (κ3) is 2.16. The minimum Gasteiger partial charge on any atom is -0.246 e. The molecule has 1 aliphatic rings. The summed E-state index contributed by atoms with van der Waals surface area (Å²) >= 11 is 0. The molecule has 0 aromatic heterocycles. The molecule has 1 saturated heterocycles. The van der Waals surface area contributed by atoms with Crippen LogP contribution in [0.5, 0.6) is 0 Å². The molecular weight excluding hydrogens is 112 g/mol. The lowest BCUT2D eigenvalue weighted by molar-refractivity contribution is 0.268. The standard InChI is InChI=1S/C7H13N2/c1-2-5-8-9-6-3-4-7-9/h2,5,8H,1,3-4,6-7H2. The summed E-state index contributed by atoms with van der Waals surface area (Å²) in [6.07, 6.45) is 4.40. The van der Waals surface area contributed by atoms with Crippen molar-refractivity contribution in [3.05, 3.63) is 19.2 Å². The van der Waals surface area contributed by atoms with Crippen molar-refractivity contribution in [1.82, 2.24) is 10.4 Å². The molecule has 0 spiro atoms. The molecule has 9 heavy (non-hydrogen) atoms. The van der Waals surface area contributed by atoms with Gasteiger partial charge in [-0.1, -0.05) is 6.08 Å². The van der Waals surface area contributed by atoms with E-state index in [4.69, 9.17) is 0 Å². The molecule has 1 fully saturated rings. The molecule has 1 rings (SSSR count). The maximum atomic E-state index is 3.58. The van der Waals surface area contributed by atoms with Gasteiger partial charge in [-0.3, -0.25) is 0 Å². The lowest BCUT2D eigenvalue weighted by Gasteiger charge is -2.13. The second-order valence-electron chi connectivity index (χ2n) is 2.23.